The standard InChI is InChI=1S/C7H4BF2NO2/c9-6-3-1-2-5(7(6)10)8(12)13-4-11/h1-3,12H. The van der Waals surface area contributed by atoms with E-state index >= 15 is 0 Å². The molecule has 1 N–H and O–H groups in total. The van der Waals surface area contributed by atoms with Crippen LogP contribution >= 0.6 is 0 Å². The molecule has 0 heterocycles. The van der Waals surface area contributed by atoms with E-state index in [1.807, 2.05) is 0 Å². The summed E-state index contributed by atoms with van der Waals surface area (Å²) in [5, 5.41) is 17.0. The molecular formula is C7H4BF2NO2. The highest BCUT2D eigenvalue weighted by atomic mass is 19.2. The zero-order chi connectivity index (χ0) is 9.84. The van der Waals surface area contributed by atoms with Crippen molar-refractivity contribution in [2.45, 2.75) is 0 Å². The average Bonchev–Trinajstić information content (AvgIpc) is 2.10. The first-order chi connectivity index (χ1) is 6.16. The summed E-state index contributed by atoms with van der Waals surface area (Å²) in [4.78, 5) is 0. The van der Waals surface area contributed by atoms with E-state index in [0.717, 1.165) is 12.1 Å². The van der Waals surface area contributed by atoms with Crippen LogP contribution in [0.4, 0.5) is 8.78 Å². The van der Waals surface area contributed by atoms with E-state index in [-0.39, 0.29) is 0 Å². The van der Waals surface area contributed by atoms with E-state index in [1.165, 1.54) is 12.3 Å². The van der Waals surface area contributed by atoms with Crippen molar-refractivity contribution in [2.75, 3.05) is 0 Å². The maximum Gasteiger partial charge on any atom is 0.573 e. The molecule has 13 heavy (non-hydrogen) atoms. The SMILES string of the molecule is N#COB(O)c1cccc(F)c1F. The van der Waals surface area contributed by atoms with Gasteiger partial charge in [0, 0.05) is 5.46 Å². The Balaban J connectivity index is 3.02. The number of nitrogens with zero attached hydrogens (tertiary/aromatic N) is 1. The molecule has 0 amide bonds. The second kappa shape index (κ2) is 3.87. The van der Waals surface area contributed by atoms with Crippen LogP contribution in [-0.2, 0) is 4.65 Å². The summed E-state index contributed by atoms with van der Waals surface area (Å²) in [6.07, 6.45) is 1.17. The minimum atomic E-state index is -1.76. The minimum absolute atomic E-state index is 0.401. The van der Waals surface area contributed by atoms with E-state index in [0.29, 0.717) is 0 Å². The molecule has 0 aliphatic rings. The number of hydrogen-bond acceptors (Lipinski definition) is 3. The molecule has 0 radical (unpaired) electrons. The summed E-state index contributed by atoms with van der Waals surface area (Å²) in [7, 11) is -1.76. The van der Waals surface area contributed by atoms with Crippen molar-refractivity contribution < 1.29 is 18.5 Å². The highest BCUT2D eigenvalue weighted by Gasteiger charge is 2.24. The van der Waals surface area contributed by atoms with Crippen molar-refractivity contribution in [3.8, 4) is 6.26 Å². The van der Waals surface area contributed by atoms with Gasteiger partial charge in [0.2, 0.25) is 0 Å². The number of halogens is 2. The first-order valence-corrected chi connectivity index (χ1v) is 3.33. The summed E-state index contributed by atoms with van der Waals surface area (Å²) in [6, 6.07) is 3.23. The third kappa shape index (κ3) is 1.95. The molecule has 0 atom stereocenters. The Kier molecular flexibility index (Phi) is 2.82. The average molecular weight is 183 g/mol. The highest BCUT2D eigenvalue weighted by Crippen LogP contribution is 2.02. The van der Waals surface area contributed by atoms with Gasteiger partial charge < -0.3 is 9.68 Å². The van der Waals surface area contributed by atoms with E-state index in [2.05, 4.69) is 4.65 Å². The second-order valence-corrected chi connectivity index (χ2v) is 2.20. The Bertz CT molecular complexity index is 353. The van der Waals surface area contributed by atoms with Gasteiger partial charge in [0.1, 0.15) is 0 Å². The lowest BCUT2D eigenvalue weighted by Gasteiger charge is -2.03. The van der Waals surface area contributed by atoms with Gasteiger partial charge in [-0.05, 0) is 6.07 Å². The Morgan fingerprint density at radius 3 is 2.77 bits per heavy atom. The molecule has 0 unspecified atom stereocenters. The van der Waals surface area contributed by atoms with E-state index in [4.69, 9.17) is 10.3 Å². The molecular weight excluding hydrogens is 179 g/mol. The molecule has 0 fully saturated rings. The number of nitriles is 1. The van der Waals surface area contributed by atoms with Gasteiger partial charge in [-0.15, -0.1) is 0 Å². The maximum atomic E-state index is 12.9. The third-order valence-electron chi connectivity index (χ3n) is 1.41. The van der Waals surface area contributed by atoms with Gasteiger partial charge in [0.15, 0.2) is 11.6 Å². The van der Waals surface area contributed by atoms with Crippen molar-refractivity contribution in [3.05, 3.63) is 29.8 Å². The van der Waals surface area contributed by atoms with Crippen LogP contribution < -0.4 is 5.46 Å². The van der Waals surface area contributed by atoms with Crippen LogP contribution in [0.3, 0.4) is 0 Å². The third-order valence-corrected chi connectivity index (χ3v) is 1.41. The lowest BCUT2D eigenvalue weighted by atomic mass is 9.79. The van der Waals surface area contributed by atoms with Crippen LogP contribution in [0.15, 0.2) is 18.2 Å². The number of hydrogen-bond donors (Lipinski definition) is 1. The molecule has 3 nitrogen and oxygen atoms in total. The molecule has 0 aromatic heterocycles. The normalized spacial score (nSPS) is 9.08. The van der Waals surface area contributed by atoms with Crippen LogP contribution in [0, 0.1) is 23.2 Å². The fraction of sp³-hybridized carbons (Fsp3) is 0. The van der Waals surface area contributed by atoms with Crippen LogP contribution in [0.25, 0.3) is 0 Å². The largest absolute Gasteiger partial charge is 0.573 e. The monoisotopic (exact) mass is 183 g/mol. The van der Waals surface area contributed by atoms with E-state index in [1.54, 1.807) is 0 Å². The van der Waals surface area contributed by atoms with Crippen molar-refractivity contribution in [1.29, 1.82) is 5.26 Å². The van der Waals surface area contributed by atoms with Crippen LogP contribution in [0.2, 0.25) is 0 Å². The van der Waals surface area contributed by atoms with Gasteiger partial charge >= 0.3 is 7.12 Å². The Hall–Kier alpha value is -1.61. The summed E-state index contributed by atoms with van der Waals surface area (Å²) in [5.74, 6) is -2.32. The van der Waals surface area contributed by atoms with Gasteiger partial charge in [-0.2, -0.15) is 5.26 Å². The first kappa shape index (κ1) is 9.48. The zero-order valence-corrected chi connectivity index (χ0v) is 6.37. The molecule has 0 saturated heterocycles. The first-order valence-electron chi connectivity index (χ1n) is 3.33. The predicted octanol–water partition coefficient (Wildman–Crippen LogP) is 0.150. The smallest absolute Gasteiger partial charge is 0.463 e. The van der Waals surface area contributed by atoms with Crippen LogP contribution in [0.5, 0.6) is 0 Å². The quantitative estimate of drug-likeness (QED) is 0.524. The lowest BCUT2D eigenvalue weighted by molar-refractivity contribution is 0.398. The number of rotatable bonds is 2. The molecule has 0 aliphatic heterocycles. The lowest BCUT2D eigenvalue weighted by Crippen LogP contribution is -2.35. The van der Waals surface area contributed by atoms with E-state index < -0.39 is 24.2 Å². The van der Waals surface area contributed by atoms with Gasteiger partial charge in [-0.3, -0.25) is 0 Å². The predicted molar refractivity (Wildman–Crippen MR) is 40.7 cm³/mol. The summed E-state index contributed by atoms with van der Waals surface area (Å²) < 4.78 is 29.4. The molecule has 0 aliphatic carbocycles. The molecule has 6 heteroatoms. The molecule has 1 aromatic carbocycles. The minimum Gasteiger partial charge on any atom is -0.463 e. The van der Waals surface area contributed by atoms with Crippen molar-refractivity contribution in [3.63, 3.8) is 0 Å². The van der Waals surface area contributed by atoms with Crippen molar-refractivity contribution >= 4 is 12.6 Å². The molecule has 0 saturated carbocycles. The second-order valence-electron chi connectivity index (χ2n) is 2.20. The maximum absolute atomic E-state index is 12.9. The van der Waals surface area contributed by atoms with Crippen molar-refractivity contribution in [1.82, 2.24) is 0 Å². The summed E-state index contributed by atoms with van der Waals surface area (Å²) in [6.45, 7) is 0. The molecule has 0 spiro atoms. The molecule has 1 rings (SSSR count). The highest BCUT2D eigenvalue weighted by molar-refractivity contribution is 6.60. The van der Waals surface area contributed by atoms with Crippen molar-refractivity contribution in [2.24, 2.45) is 0 Å². The molecule has 1 aromatic rings. The fourth-order valence-electron chi connectivity index (χ4n) is 0.825. The topological polar surface area (TPSA) is 53.2 Å². The van der Waals surface area contributed by atoms with Crippen LogP contribution in [0.1, 0.15) is 0 Å². The van der Waals surface area contributed by atoms with Gasteiger partial charge in [-0.25, -0.2) is 8.78 Å². The molecule has 0 bridgehead atoms. The summed E-state index contributed by atoms with van der Waals surface area (Å²) in [5.41, 5.74) is -0.401. The summed E-state index contributed by atoms with van der Waals surface area (Å²) >= 11 is 0. The molecule has 66 valence electrons. The Morgan fingerprint density at radius 1 is 1.46 bits per heavy atom. The Morgan fingerprint density at radius 2 is 2.15 bits per heavy atom. The van der Waals surface area contributed by atoms with Gasteiger partial charge in [0.05, 0.1) is 0 Å². The van der Waals surface area contributed by atoms with E-state index in [9.17, 15) is 8.78 Å². The zero-order valence-electron chi connectivity index (χ0n) is 6.37. The van der Waals surface area contributed by atoms with Crippen LogP contribution in [-0.4, -0.2) is 12.1 Å². The number of benzene rings is 1. The Labute approximate surface area is 73.3 Å². The fourth-order valence-corrected chi connectivity index (χ4v) is 0.825. The van der Waals surface area contributed by atoms with Gasteiger partial charge in [-0.1, -0.05) is 12.1 Å². The van der Waals surface area contributed by atoms with Gasteiger partial charge in [0.25, 0.3) is 6.26 Å².